The third kappa shape index (κ3) is 4.83. The number of hydrogen-bond donors (Lipinski definition) is 0. The van der Waals surface area contributed by atoms with E-state index in [0.29, 0.717) is 22.7 Å². The largest absolute Gasteiger partial charge is 0.496 e. The van der Waals surface area contributed by atoms with Crippen LogP contribution >= 0.6 is 0 Å². The molecule has 0 spiro atoms. The van der Waals surface area contributed by atoms with Gasteiger partial charge in [0, 0.05) is 12.6 Å². The van der Waals surface area contributed by atoms with Gasteiger partial charge in [-0.15, -0.1) is 0 Å². The molecule has 0 aliphatic carbocycles. The van der Waals surface area contributed by atoms with Crippen molar-refractivity contribution >= 4 is 21.7 Å². The van der Waals surface area contributed by atoms with Crippen LogP contribution in [0.4, 0.5) is 10.1 Å². The number of halogens is 1. The number of hydrogen-bond acceptors (Lipinski definition) is 6. The van der Waals surface area contributed by atoms with Crippen molar-refractivity contribution in [3.05, 3.63) is 83.7 Å². The van der Waals surface area contributed by atoms with Crippen LogP contribution in [0.15, 0.2) is 71.6 Å². The van der Waals surface area contributed by atoms with Gasteiger partial charge >= 0.3 is 5.97 Å². The Balaban J connectivity index is 1.75. The molecule has 3 aromatic rings. The highest BCUT2D eigenvalue weighted by Crippen LogP contribution is 2.31. The average molecular weight is 459 g/mol. The number of anilines is 1. The van der Waals surface area contributed by atoms with Crippen LogP contribution in [0.3, 0.4) is 0 Å². The minimum absolute atomic E-state index is 0.00532. The molecule has 0 aliphatic rings. The standard InChI is InChI=1S/C23H22FNO6S/c1-25(20-6-4-5-7-22(20)30-3)32(27,28)19-11-8-16(9-12-19)23(26)31-15-17-14-18(24)10-13-21(17)29-2/h4-14H,15H2,1-3H3. The third-order valence-corrected chi connectivity index (χ3v) is 6.56. The molecule has 0 unspecified atom stereocenters. The Kier molecular flexibility index (Phi) is 6.99. The molecule has 0 amide bonds. The van der Waals surface area contributed by atoms with Gasteiger partial charge in [-0.1, -0.05) is 12.1 Å². The summed E-state index contributed by atoms with van der Waals surface area (Å²) >= 11 is 0. The topological polar surface area (TPSA) is 82.1 Å². The van der Waals surface area contributed by atoms with Crippen molar-refractivity contribution in [1.29, 1.82) is 0 Å². The molecule has 0 bridgehead atoms. The van der Waals surface area contributed by atoms with Gasteiger partial charge in [0.05, 0.1) is 30.4 Å². The highest BCUT2D eigenvalue weighted by Gasteiger charge is 2.24. The summed E-state index contributed by atoms with van der Waals surface area (Å²) in [6, 6.07) is 16.0. The Bertz CT molecular complexity index is 1210. The van der Waals surface area contributed by atoms with E-state index in [4.69, 9.17) is 14.2 Å². The second-order valence-corrected chi connectivity index (χ2v) is 8.67. The molecule has 9 heteroatoms. The van der Waals surface area contributed by atoms with E-state index < -0.39 is 21.8 Å². The van der Waals surface area contributed by atoms with E-state index in [2.05, 4.69) is 0 Å². The van der Waals surface area contributed by atoms with Crippen molar-refractivity contribution < 1.29 is 31.8 Å². The van der Waals surface area contributed by atoms with Crippen LogP contribution < -0.4 is 13.8 Å². The lowest BCUT2D eigenvalue weighted by atomic mass is 10.2. The van der Waals surface area contributed by atoms with Gasteiger partial charge in [-0.2, -0.15) is 0 Å². The van der Waals surface area contributed by atoms with Crippen molar-refractivity contribution in [2.75, 3.05) is 25.6 Å². The number of para-hydroxylation sites is 2. The van der Waals surface area contributed by atoms with Gasteiger partial charge in [0.15, 0.2) is 0 Å². The lowest BCUT2D eigenvalue weighted by Gasteiger charge is -2.21. The van der Waals surface area contributed by atoms with Crippen LogP contribution in [0.25, 0.3) is 0 Å². The van der Waals surface area contributed by atoms with E-state index in [-0.39, 0.29) is 17.1 Å². The second-order valence-electron chi connectivity index (χ2n) is 6.70. The first-order valence-electron chi connectivity index (χ1n) is 9.49. The summed E-state index contributed by atoms with van der Waals surface area (Å²) in [5.41, 5.74) is 0.903. The first kappa shape index (κ1) is 23.1. The molecule has 0 saturated heterocycles. The maximum atomic E-state index is 13.5. The maximum Gasteiger partial charge on any atom is 0.338 e. The molecule has 0 aromatic heterocycles. The average Bonchev–Trinajstić information content (AvgIpc) is 2.82. The lowest BCUT2D eigenvalue weighted by Crippen LogP contribution is -2.27. The molecule has 32 heavy (non-hydrogen) atoms. The highest BCUT2D eigenvalue weighted by molar-refractivity contribution is 7.92. The van der Waals surface area contributed by atoms with Gasteiger partial charge in [-0.05, 0) is 54.6 Å². The fraction of sp³-hybridized carbons (Fsp3) is 0.174. The van der Waals surface area contributed by atoms with Crippen LogP contribution in [0, 0.1) is 5.82 Å². The molecular formula is C23H22FNO6S. The molecule has 7 nitrogen and oxygen atoms in total. The molecule has 0 fully saturated rings. The van der Waals surface area contributed by atoms with Gasteiger partial charge in [-0.25, -0.2) is 17.6 Å². The second kappa shape index (κ2) is 9.69. The summed E-state index contributed by atoms with van der Waals surface area (Å²) in [5, 5.41) is 0. The van der Waals surface area contributed by atoms with Crippen molar-refractivity contribution in [2.45, 2.75) is 11.5 Å². The summed E-state index contributed by atoms with van der Waals surface area (Å²) in [6.45, 7) is -0.198. The Morgan fingerprint density at radius 2 is 1.59 bits per heavy atom. The zero-order valence-electron chi connectivity index (χ0n) is 17.7. The fourth-order valence-corrected chi connectivity index (χ4v) is 4.23. The first-order chi connectivity index (χ1) is 15.3. The molecule has 168 valence electrons. The van der Waals surface area contributed by atoms with Crippen molar-refractivity contribution in [1.82, 2.24) is 0 Å². The predicted molar refractivity (Wildman–Crippen MR) is 117 cm³/mol. The summed E-state index contributed by atoms with van der Waals surface area (Å²) in [5.74, 6) is -0.365. The third-order valence-electron chi connectivity index (χ3n) is 4.77. The first-order valence-corrected chi connectivity index (χ1v) is 10.9. The van der Waals surface area contributed by atoms with Gasteiger partial charge in [0.2, 0.25) is 0 Å². The zero-order chi connectivity index (χ0) is 23.3. The SMILES string of the molecule is COc1ccc(F)cc1COC(=O)c1ccc(S(=O)(=O)N(C)c2ccccc2OC)cc1. The molecule has 0 atom stereocenters. The van der Waals surface area contributed by atoms with Crippen molar-refractivity contribution in [2.24, 2.45) is 0 Å². The van der Waals surface area contributed by atoms with E-state index in [0.717, 1.165) is 4.31 Å². The van der Waals surface area contributed by atoms with E-state index in [1.54, 1.807) is 24.3 Å². The Morgan fingerprint density at radius 3 is 2.25 bits per heavy atom. The van der Waals surface area contributed by atoms with Crippen molar-refractivity contribution in [3.63, 3.8) is 0 Å². The number of nitrogens with zero attached hydrogens (tertiary/aromatic N) is 1. The molecule has 3 rings (SSSR count). The number of carbonyl (C=O) groups is 1. The summed E-state index contributed by atoms with van der Waals surface area (Å²) in [4.78, 5) is 12.4. The number of benzene rings is 3. The number of rotatable bonds is 8. The predicted octanol–water partition coefficient (Wildman–Crippen LogP) is 4.03. The van der Waals surface area contributed by atoms with E-state index in [9.17, 15) is 17.6 Å². The number of esters is 1. The number of sulfonamides is 1. The normalized spacial score (nSPS) is 11.0. The number of carbonyl (C=O) groups excluding carboxylic acids is 1. The van der Waals surface area contributed by atoms with Gasteiger partial charge in [0.1, 0.15) is 23.9 Å². The van der Waals surface area contributed by atoms with E-state index in [1.165, 1.54) is 63.7 Å². The Hall–Kier alpha value is -3.59. The molecule has 0 N–H and O–H groups in total. The van der Waals surface area contributed by atoms with Crippen molar-refractivity contribution in [3.8, 4) is 11.5 Å². The molecule has 0 saturated carbocycles. The highest BCUT2D eigenvalue weighted by atomic mass is 32.2. The quantitative estimate of drug-likeness (QED) is 0.473. The Morgan fingerprint density at radius 1 is 0.938 bits per heavy atom. The minimum atomic E-state index is -3.89. The molecule has 0 heterocycles. The van der Waals surface area contributed by atoms with E-state index >= 15 is 0 Å². The van der Waals surface area contributed by atoms with Gasteiger partial charge < -0.3 is 14.2 Å². The maximum absolute atomic E-state index is 13.5. The summed E-state index contributed by atoms with van der Waals surface area (Å²) < 4.78 is 56.2. The lowest BCUT2D eigenvalue weighted by molar-refractivity contribution is 0.0469. The minimum Gasteiger partial charge on any atom is -0.496 e. The Labute approximate surface area is 186 Å². The zero-order valence-corrected chi connectivity index (χ0v) is 18.6. The number of ether oxygens (including phenoxy) is 3. The molecule has 3 aromatic carbocycles. The van der Waals surface area contributed by atoms with Crippen LogP contribution in [-0.4, -0.2) is 35.7 Å². The van der Waals surface area contributed by atoms with Crippen LogP contribution in [-0.2, 0) is 21.4 Å². The molecular weight excluding hydrogens is 437 g/mol. The van der Waals surface area contributed by atoms with Crippen LogP contribution in [0.5, 0.6) is 11.5 Å². The summed E-state index contributed by atoms with van der Waals surface area (Å²) in [7, 11) is 0.413. The van der Waals surface area contributed by atoms with E-state index in [1.807, 2.05) is 0 Å². The van der Waals surface area contributed by atoms with Gasteiger partial charge in [0.25, 0.3) is 10.0 Å². The monoisotopic (exact) mass is 459 g/mol. The van der Waals surface area contributed by atoms with Crippen LogP contribution in [0.1, 0.15) is 15.9 Å². The summed E-state index contributed by atoms with van der Waals surface area (Å²) in [6.07, 6.45) is 0. The van der Waals surface area contributed by atoms with Gasteiger partial charge in [-0.3, -0.25) is 4.31 Å². The van der Waals surface area contributed by atoms with Crippen LogP contribution in [0.2, 0.25) is 0 Å². The number of methoxy groups -OCH3 is 2. The molecule has 0 aliphatic heterocycles. The molecule has 0 radical (unpaired) electrons. The fourth-order valence-electron chi connectivity index (χ4n) is 3.03. The smallest absolute Gasteiger partial charge is 0.338 e.